The Bertz CT molecular complexity index is 930. The number of aromatic nitrogens is 2. The standard InChI is InChI=1S/C20H28N4O2S.ClH/c1-13-15-18(23-14-6-4-3-5-11-24(14)19(15)26)27-16(13)17(25)22-12-20(2)7-9-21-10-8-20;/h21H,3-12H2,1-2H3,(H,22,25);1H. The highest BCUT2D eigenvalue weighted by Gasteiger charge is 2.28. The predicted octanol–water partition coefficient (Wildman–Crippen LogP) is 3.03. The first kappa shape index (κ1) is 21.3. The number of carbonyl (C=O) groups is 1. The van der Waals surface area contributed by atoms with Crippen molar-refractivity contribution in [2.24, 2.45) is 5.41 Å². The van der Waals surface area contributed by atoms with Crippen molar-refractivity contribution in [3.63, 3.8) is 0 Å². The number of fused-ring (bicyclic) bond motifs is 2. The third kappa shape index (κ3) is 3.98. The van der Waals surface area contributed by atoms with Crippen molar-refractivity contribution < 1.29 is 4.79 Å². The summed E-state index contributed by atoms with van der Waals surface area (Å²) >= 11 is 1.36. The summed E-state index contributed by atoms with van der Waals surface area (Å²) in [6, 6.07) is 0. The van der Waals surface area contributed by atoms with Crippen LogP contribution < -0.4 is 16.2 Å². The van der Waals surface area contributed by atoms with Crippen molar-refractivity contribution in [3.05, 3.63) is 26.6 Å². The molecule has 4 heterocycles. The van der Waals surface area contributed by atoms with Gasteiger partial charge in [-0.15, -0.1) is 23.7 Å². The van der Waals surface area contributed by atoms with E-state index in [1.165, 1.54) is 11.3 Å². The lowest BCUT2D eigenvalue weighted by molar-refractivity contribution is 0.0926. The molecule has 8 heteroatoms. The largest absolute Gasteiger partial charge is 0.351 e. The number of halogens is 1. The smallest absolute Gasteiger partial charge is 0.262 e. The van der Waals surface area contributed by atoms with E-state index in [4.69, 9.17) is 4.98 Å². The third-order valence-electron chi connectivity index (χ3n) is 6.10. The van der Waals surface area contributed by atoms with Gasteiger partial charge in [0.05, 0.1) is 10.3 Å². The highest BCUT2D eigenvalue weighted by atomic mass is 35.5. The summed E-state index contributed by atoms with van der Waals surface area (Å²) in [6.07, 6.45) is 6.20. The van der Waals surface area contributed by atoms with Crippen LogP contribution in [-0.2, 0) is 13.0 Å². The summed E-state index contributed by atoms with van der Waals surface area (Å²) in [5, 5.41) is 7.11. The van der Waals surface area contributed by atoms with Crippen LogP contribution in [0.1, 0.15) is 60.1 Å². The van der Waals surface area contributed by atoms with Gasteiger partial charge in [0.2, 0.25) is 0 Å². The molecule has 2 aromatic rings. The lowest BCUT2D eigenvalue weighted by atomic mass is 9.81. The second-order valence-corrected chi connectivity index (χ2v) is 9.27. The summed E-state index contributed by atoms with van der Waals surface area (Å²) < 4.78 is 1.83. The molecule has 6 nitrogen and oxygen atoms in total. The first-order valence-corrected chi connectivity index (χ1v) is 10.8. The lowest BCUT2D eigenvalue weighted by Gasteiger charge is -2.34. The molecule has 0 aromatic carbocycles. The van der Waals surface area contributed by atoms with Crippen LogP contribution in [0.3, 0.4) is 0 Å². The average molecular weight is 425 g/mol. The Labute approximate surface area is 175 Å². The molecule has 154 valence electrons. The van der Waals surface area contributed by atoms with Crippen LogP contribution in [0.5, 0.6) is 0 Å². The van der Waals surface area contributed by atoms with E-state index in [0.29, 0.717) is 21.6 Å². The Morgan fingerprint density at radius 2 is 2.04 bits per heavy atom. The quantitative estimate of drug-likeness (QED) is 0.794. The minimum Gasteiger partial charge on any atom is -0.351 e. The molecule has 2 N–H and O–H groups in total. The topological polar surface area (TPSA) is 76.0 Å². The number of amides is 1. The van der Waals surface area contributed by atoms with Gasteiger partial charge >= 0.3 is 0 Å². The Kier molecular flexibility index (Phi) is 6.47. The maximum atomic E-state index is 13.0. The van der Waals surface area contributed by atoms with Gasteiger partial charge in [-0.1, -0.05) is 13.3 Å². The molecule has 1 fully saturated rings. The normalized spacial score (nSPS) is 18.8. The number of hydrogen-bond donors (Lipinski definition) is 2. The second kappa shape index (κ2) is 8.51. The van der Waals surface area contributed by atoms with Gasteiger partial charge in [-0.05, 0) is 56.7 Å². The number of aryl methyl sites for hydroxylation is 2. The predicted molar refractivity (Wildman–Crippen MR) is 116 cm³/mol. The minimum absolute atomic E-state index is 0. The highest BCUT2D eigenvalue weighted by Crippen LogP contribution is 2.30. The van der Waals surface area contributed by atoms with Crippen LogP contribution in [0.4, 0.5) is 0 Å². The molecule has 1 saturated heterocycles. The molecule has 0 radical (unpaired) electrons. The number of thiophene rings is 1. The summed E-state index contributed by atoms with van der Waals surface area (Å²) in [4.78, 5) is 32.0. The van der Waals surface area contributed by atoms with Crippen LogP contribution in [0.15, 0.2) is 4.79 Å². The number of rotatable bonds is 3. The molecule has 2 aliphatic heterocycles. The van der Waals surface area contributed by atoms with E-state index in [1.807, 2.05) is 11.5 Å². The summed E-state index contributed by atoms with van der Waals surface area (Å²) in [5.41, 5.74) is 0.940. The Balaban J connectivity index is 0.00000225. The minimum atomic E-state index is -0.0742. The van der Waals surface area contributed by atoms with Gasteiger partial charge in [0.1, 0.15) is 10.7 Å². The van der Waals surface area contributed by atoms with Gasteiger partial charge in [0, 0.05) is 19.5 Å². The third-order valence-corrected chi connectivity index (χ3v) is 7.29. The summed E-state index contributed by atoms with van der Waals surface area (Å²) in [5.74, 6) is 0.801. The zero-order chi connectivity index (χ0) is 19.0. The molecule has 2 aliphatic rings. The van der Waals surface area contributed by atoms with Crippen LogP contribution >= 0.6 is 23.7 Å². The molecule has 0 bridgehead atoms. The first-order chi connectivity index (χ1) is 13.0. The molecule has 0 atom stereocenters. The molecular weight excluding hydrogens is 396 g/mol. The second-order valence-electron chi connectivity index (χ2n) is 8.28. The fourth-order valence-electron chi connectivity index (χ4n) is 4.21. The number of hydrogen-bond acceptors (Lipinski definition) is 5. The Morgan fingerprint density at radius 3 is 2.79 bits per heavy atom. The van der Waals surface area contributed by atoms with E-state index in [0.717, 1.165) is 69.5 Å². The fourth-order valence-corrected chi connectivity index (χ4v) is 5.31. The SMILES string of the molecule is Cc1c(C(=O)NCC2(C)CCNCC2)sc2nc3n(c(=O)c12)CCCCC3.Cl. The molecule has 0 saturated carbocycles. The molecule has 28 heavy (non-hydrogen) atoms. The average Bonchev–Trinajstić information content (AvgIpc) is 2.82. The van der Waals surface area contributed by atoms with Crippen molar-refractivity contribution in [3.8, 4) is 0 Å². The van der Waals surface area contributed by atoms with Crippen molar-refractivity contribution in [1.82, 2.24) is 20.2 Å². The van der Waals surface area contributed by atoms with E-state index in [9.17, 15) is 9.59 Å². The van der Waals surface area contributed by atoms with Gasteiger partial charge < -0.3 is 10.6 Å². The number of nitrogens with one attached hydrogen (secondary N) is 2. The van der Waals surface area contributed by atoms with Crippen LogP contribution in [0.25, 0.3) is 10.2 Å². The van der Waals surface area contributed by atoms with E-state index in [2.05, 4.69) is 17.6 Å². The molecule has 0 aliphatic carbocycles. The molecule has 2 aromatic heterocycles. The Hall–Kier alpha value is -1.44. The molecule has 0 spiro atoms. The summed E-state index contributed by atoms with van der Waals surface area (Å²) in [6.45, 7) is 7.52. The van der Waals surface area contributed by atoms with Crippen molar-refractivity contribution in [2.75, 3.05) is 19.6 Å². The van der Waals surface area contributed by atoms with Crippen molar-refractivity contribution in [2.45, 2.75) is 58.9 Å². The molecule has 4 rings (SSSR count). The zero-order valence-corrected chi connectivity index (χ0v) is 18.2. The van der Waals surface area contributed by atoms with Gasteiger partial charge in [-0.25, -0.2) is 4.98 Å². The van der Waals surface area contributed by atoms with E-state index < -0.39 is 0 Å². The maximum Gasteiger partial charge on any atom is 0.262 e. The van der Waals surface area contributed by atoms with E-state index >= 15 is 0 Å². The van der Waals surface area contributed by atoms with E-state index in [1.54, 1.807) is 0 Å². The fraction of sp³-hybridized carbons (Fsp3) is 0.650. The van der Waals surface area contributed by atoms with Gasteiger partial charge in [0.25, 0.3) is 11.5 Å². The number of carbonyl (C=O) groups excluding carboxylic acids is 1. The van der Waals surface area contributed by atoms with Crippen LogP contribution in [0.2, 0.25) is 0 Å². The van der Waals surface area contributed by atoms with E-state index in [-0.39, 0.29) is 29.3 Å². The summed E-state index contributed by atoms with van der Waals surface area (Å²) in [7, 11) is 0. The zero-order valence-electron chi connectivity index (χ0n) is 16.6. The van der Waals surface area contributed by atoms with Crippen LogP contribution in [-0.4, -0.2) is 35.1 Å². The molecule has 0 unspecified atom stereocenters. The monoisotopic (exact) mass is 424 g/mol. The van der Waals surface area contributed by atoms with Crippen molar-refractivity contribution >= 4 is 39.9 Å². The molecular formula is C20H29ClN4O2S. The lowest BCUT2D eigenvalue weighted by Crippen LogP contribution is -2.42. The van der Waals surface area contributed by atoms with Gasteiger partial charge in [-0.2, -0.15) is 0 Å². The van der Waals surface area contributed by atoms with Gasteiger partial charge in [-0.3, -0.25) is 14.2 Å². The number of nitrogens with zero attached hydrogens (tertiary/aromatic N) is 2. The van der Waals surface area contributed by atoms with Gasteiger partial charge in [0.15, 0.2) is 0 Å². The Morgan fingerprint density at radius 1 is 1.29 bits per heavy atom. The maximum absolute atomic E-state index is 13.0. The van der Waals surface area contributed by atoms with Crippen molar-refractivity contribution in [1.29, 1.82) is 0 Å². The number of piperidine rings is 1. The highest BCUT2D eigenvalue weighted by molar-refractivity contribution is 7.20. The molecule has 1 amide bonds. The van der Waals surface area contributed by atoms with Crippen LogP contribution in [0, 0.1) is 12.3 Å². The first-order valence-electron chi connectivity index (χ1n) is 10.0.